The van der Waals surface area contributed by atoms with Gasteiger partial charge in [-0.1, -0.05) is 275 Å². The number of ether oxygens (including phenoxy) is 2. The van der Waals surface area contributed by atoms with E-state index >= 15 is 0 Å². The third-order valence-corrected chi connectivity index (χ3v) is 17.2. The molecule has 2 fully saturated rings. The van der Waals surface area contributed by atoms with Gasteiger partial charge in [0.15, 0.2) is 0 Å². The Balaban J connectivity index is 1.80. The van der Waals surface area contributed by atoms with Crippen LogP contribution >= 0.6 is 0 Å². The number of carbonyl (C=O) groups excluding carboxylic acids is 2. The van der Waals surface area contributed by atoms with Gasteiger partial charge in [0.1, 0.15) is 23.4 Å². The quantitative estimate of drug-likeness (QED) is 0.0206. The lowest BCUT2D eigenvalue weighted by molar-refractivity contribution is -0.223. The van der Waals surface area contributed by atoms with Crippen LogP contribution in [0.3, 0.4) is 0 Å². The van der Waals surface area contributed by atoms with E-state index in [0.29, 0.717) is 32.1 Å². The fraction of sp³-hybridized carbons (Fsp3) is 0.632. The summed E-state index contributed by atoms with van der Waals surface area (Å²) in [5.41, 5.74) is -3.70. The first kappa shape index (κ1) is 75.5. The molecule has 0 aliphatic heterocycles. The molecule has 0 spiro atoms. The second-order valence-electron chi connectivity index (χ2n) is 26.3. The van der Waals surface area contributed by atoms with Gasteiger partial charge in [-0.25, -0.2) is 0 Å². The third-order valence-electron chi connectivity index (χ3n) is 17.2. The summed E-state index contributed by atoms with van der Waals surface area (Å²) in [4.78, 5) is 25.7. The van der Waals surface area contributed by atoms with Crippen molar-refractivity contribution in [3.63, 3.8) is 0 Å². The van der Waals surface area contributed by atoms with E-state index < -0.39 is 45.4 Å². The summed E-state index contributed by atoms with van der Waals surface area (Å²) in [6.07, 6.45) is 71.0. The first-order chi connectivity index (χ1) is 39.8. The zero-order chi connectivity index (χ0) is 62.4. The highest BCUT2D eigenvalue weighted by Crippen LogP contribution is 2.52. The maximum Gasteiger partial charge on any atom is 0.306 e. The van der Waals surface area contributed by atoms with Crippen molar-refractivity contribution in [2.24, 2.45) is 10.8 Å². The molecule has 6 atom stereocenters. The molecule has 0 heterocycles. The Labute approximate surface area is 513 Å². The van der Waals surface area contributed by atoms with Crippen LogP contribution in [0.2, 0.25) is 0 Å². The normalized spacial score (nSPS) is 25.7. The minimum Gasteiger partial charge on any atom is -0.462 e. The summed E-state index contributed by atoms with van der Waals surface area (Å²) >= 11 is 0. The molecule has 2 rings (SSSR count). The van der Waals surface area contributed by atoms with Crippen molar-refractivity contribution in [3.8, 4) is 0 Å². The van der Waals surface area contributed by atoms with Gasteiger partial charge in [0, 0.05) is 36.5 Å². The molecule has 472 valence electrons. The average molecular weight is 1160 g/mol. The van der Waals surface area contributed by atoms with Gasteiger partial charge in [0.2, 0.25) is 0 Å². The Morgan fingerprint density at radius 3 is 1.08 bits per heavy atom. The number of carbonyl (C=O) groups is 2. The van der Waals surface area contributed by atoms with Crippen LogP contribution in [0, 0.1) is 10.8 Å². The minimum absolute atomic E-state index is 0.139. The molecule has 2 aliphatic rings. The number of aliphatic hydroxyl groups is 4. The van der Waals surface area contributed by atoms with Crippen molar-refractivity contribution in [2.75, 3.05) is 0 Å². The highest BCUT2D eigenvalue weighted by atomic mass is 16.5. The summed E-state index contributed by atoms with van der Waals surface area (Å²) in [7, 11) is 0. The molecule has 0 aromatic heterocycles. The molecular weight excluding hydrogens is 1040 g/mol. The Morgan fingerprint density at radius 1 is 0.393 bits per heavy atom. The predicted molar refractivity (Wildman–Crippen MR) is 356 cm³/mol. The van der Waals surface area contributed by atoms with Crippen LogP contribution in [0.4, 0.5) is 0 Å². The number of hydrogen-bond donors (Lipinski definition) is 4. The second kappa shape index (κ2) is 40.7. The fourth-order valence-electron chi connectivity index (χ4n) is 11.8. The minimum atomic E-state index is -1.55. The molecule has 0 unspecified atom stereocenters. The number of allylic oxidation sites excluding steroid dienone is 24. The first-order valence-corrected chi connectivity index (χ1v) is 32.8. The van der Waals surface area contributed by atoms with E-state index in [9.17, 15) is 30.0 Å². The highest BCUT2D eigenvalue weighted by Gasteiger charge is 2.60. The van der Waals surface area contributed by atoms with Crippen LogP contribution in [0.1, 0.15) is 263 Å². The fourth-order valence-corrected chi connectivity index (χ4v) is 11.8. The van der Waals surface area contributed by atoms with E-state index in [1.165, 1.54) is 89.9 Å². The zero-order valence-corrected chi connectivity index (χ0v) is 55.1. The number of unbranched alkanes of at least 4 members (excludes halogenated alkanes) is 16. The highest BCUT2D eigenvalue weighted by molar-refractivity contribution is 5.70. The van der Waals surface area contributed by atoms with Gasteiger partial charge in [0.05, 0.1) is 11.2 Å². The van der Waals surface area contributed by atoms with Gasteiger partial charge >= 0.3 is 11.9 Å². The molecule has 2 saturated carbocycles. The van der Waals surface area contributed by atoms with E-state index in [4.69, 9.17) is 9.47 Å². The standard InChI is InChI=1S/C76H120O8/c1-13-15-17-19-21-23-25-27-28-29-30-32-34-36-38-40-42-54-70(78)84-68-60-72(9,10)76(82,74(12,80)62-68)58-56-66(6)52-46-50-64(4)48-44-43-47-63(3)49-45-51-65(5)55-57-75(81)71(7,8)59-67(61-73(75,11)79)83-69(77)53-41-39-37-35-33-31-26-24-22-20-18-16-14-2/h21,23,27-28,30,32,36,38,43-52,55-58,67-68,79-82H,13-20,22,24-26,29,31,33-35,37,39-42,53-54,59-62H2,1-12H3/b23-21-,28-27-,32-30-,38-36-,44-43+,49-45+,50-46+,57-55+,58-56+,63-47+,64-48+,65-51+,66-52+/t67-,68-,73+,74+,75+,76+/m0/s1. The lowest BCUT2D eigenvalue weighted by Crippen LogP contribution is -2.65. The Kier molecular flexibility index (Phi) is 36.6. The molecule has 0 aromatic carbocycles. The largest absolute Gasteiger partial charge is 0.462 e. The zero-order valence-electron chi connectivity index (χ0n) is 55.1. The van der Waals surface area contributed by atoms with E-state index in [1.54, 1.807) is 26.0 Å². The summed E-state index contributed by atoms with van der Waals surface area (Å²) in [5.74, 6) is -0.494. The first-order valence-electron chi connectivity index (χ1n) is 32.8. The third kappa shape index (κ3) is 29.2. The summed E-state index contributed by atoms with van der Waals surface area (Å²) in [6.45, 7) is 23.4. The van der Waals surface area contributed by atoms with Crippen molar-refractivity contribution in [3.05, 3.63) is 156 Å². The van der Waals surface area contributed by atoms with Gasteiger partial charge in [-0.3, -0.25) is 9.59 Å². The van der Waals surface area contributed by atoms with E-state index in [-0.39, 0.29) is 24.8 Å². The van der Waals surface area contributed by atoms with E-state index in [2.05, 4.69) is 62.5 Å². The molecule has 0 saturated heterocycles. The molecule has 8 nitrogen and oxygen atoms in total. The maximum absolute atomic E-state index is 12.9. The lowest BCUT2D eigenvalue weighted by Gasteiger charge is -2.55. The van der Waals surface area contributed by atoms with Crippen LogP contribution in [-0.2, 0) is 19.1 Å². The summed E-state index contributed by atoms with van der Waals surface area (Å²) in [5, 5.41) is 47.4. The monoisotopic (exact) mass is 1160 g/mol. The molecule has 0 radical (unpaired) electrons. The summed E-state index contributed by atoms with van der Waals surface area (Å²) in [6, 6.07) is 0. The van der Waals surface area contributed by atoms with Crippen LogP contribution in [-0.4, -0.2) is 67.0 Å². The van der Waals surface area contributed by atoms with Crippen molar-refractivity contribution in [1.82, 2.24) is 0 Å². The van der Waals surface area contributed by atoms with Crippen LogP contribution in [0.25, 0.3) is 0 Å². The van der Waals surface area contributed by atoms with Crippen molar-refractivity contribution in [1.29, 1.82) is 0 Å². The van der Waals surface area contributed by atoms with Crippen LogP contribution in [0.5, 0.6) is 0 Å². The molecule has 2 aliphatic carbocycles. The Morgan fingerprint density at radius 2 is 0.702 bits per heavy atom. The molecule has 84 heavy (non-hydrogen) atoms. The lowest BCUT2D eigenvalue weighted by atomic mass is 9.57. The molecule has 4 N–H and O–H groups in total. The van der Waals surface area contributed by atoms with Gasteiger partial charge in [0.25, 0.3) is 0 Å². The maximum atomic E-state index is 12.9. The Hall–Kier alpha value is -4.60. The van der Waals surface area contributed by atoms with Gasteiger partial charge < -0.3 is 29.9 Å². The predicted octanol–water partition coefficient (Wildman–Crippen LogP) is 19.6. The SMILES string of the molecule is CCCCC/C=C\C/C=C\C/C=C\C/C=C\CCCC(=O)O[C@H]1CC(C)(C)[C@](O)(/C=C/C(C)=C/C=C/C(C)=C/C=C/C=C(C)/C=C/C=C(C)/C=C/[C@@]2(O)C(C)(C)C[C@H](OC(=O)CCCCCCCCCCCCCCC)C[C@@]2(C)O)[C@](C)(O)C1. The van der Waals surface area contributed by atoms with Gasteiger partial charge in [-0.05, 0) is 118 Å². The smallest absolute Gasteiger partial charge is 0.306 e. The molecule has 8 heteroatoms. The van der Waals surface area contributed by atoms with E-state index in [1.807, 2.05) is 128 Å². The van der Waals surface area contributed by atoms with Gasteiger partial charge in [-0.2, -0.15) is 0 Å². The van der Waals surface area contributed by atoms with E-state index in [0.717, 1.165) is 67.2 Å². The van der Waals surface area contributed by atoms with Crippen molar-refractivity contribution >= 4 is 11.9 Å². The topological polar surface area (TPSA) is 134 Å². The van der Waals surface area contributed by atoms with Crippen molar-refractivity contribution < 1.29 is 39.5 Å². The Bertz CT molecular complexity index is 2270. The average Bonchev–Trinajstić information content (AvgIpc) is 0.839. The number of esters is 2. The number of hydrogen-bond acceptors (Lipinski definition) is 8. The molecular formula is C76H120O8. The second-order valence-corrected chi connectivity index (χ2v) is 26.3. The van der Waals surface area contributed by atoms with Gasteiger partial charge in [-0.15, -0.1) is 0 Å². The molecule has 0 amide bonds. The van der Waals surface area contributed by atoms with Crippen LogP contribution in [0.15, 0.2) is 156 Å². The van der Waals surface area contributed by atoms with Crippen LogP contribution < -0.4 is 0 Å². The molecule has 0 aromatic rings. The number of rotatable bonds is 40. The molecule has 0 bridgehead atoms. The van der Waals surface area contributed by atoms with Crippen molar-refractivity contribution in [2.45, 2.75) is 297 Å². The summed E-state index contributed by atoms with van der Waals surface area (Å²) < 4.78 is 11.8.